The van der Waals surface area contributed by atoms with Crippen LogP contribution in [-0.2, 0) is 24.5 Å². The molecule has 1 aliphatic heterocycles. The van der Waals surface area contributed by atoms with Crippen molar-refractivity contribution >= 4 is 25.0 Å². The molecule has 0 amide bonds. The van der Waals surface area contributed by atoms with Gasteiger partial charge in [0.05, 0.1) is 13.2 Å². The maximum absolute atomic E-state index is 12.6. The van der Waals surface area contributed by atoms with E-state index in [0.29, 0.717) is 30.0 Å². The fourth-order valence-electron chi connectivity index (χ4n) is 2.36. The van der Waals surface area contributed by atoms with Gasteiger partial charge in [0.25, 0.3) is 0 Å². The van der Waals surface area contributed by atoms with Crippen molar-refractivity contribution in [2.45, 2.75) is 38.9 Å². The summed E-state index contributed by atoms with van der Waals surface area (Å²) in [5, 5.41) is 3.62. The Morgan fingerprint density at radius 3 is 2.57 bits per heavy atom. The molecule has 0 aromatic carbocycles. The van der Waals surface area contributed by atoms with Crippen LogP contribution in [0, 0.1) is 0 Å². The molecule has 7 nitrogen and oxygen atoms in total. The molecule has 130 valence electrons. The van der Waals surface area contributed by atoms with Gasteiger partial charge in [0.15, 0.2) is 0 Å². The summed E-state index contributed by atoms with van der Waals surface area (Å²) in [7, 11) is -3.26. The van der Waals surface area contributed by atoms with Gasteiger partial charge in [0, 0.05) is 25.3 Å². The van der Waals surface area contributed by atoms with Gasteiger partial charge >= 0.3 is 7.60 Å². The zero-order valence-electron chi connectivity index (χ0n) is 13.5. The van der Waals surface area contributed by atoms with Crippen LogP contribution in [0.15, 0.2) is 6.07 Å². The third-order valence-electron chi connectivity index (χ3n) is 3.30. The van der Waals surface area contributed by atoms with Gasteiger partial charge < -0.3 is 19.1 Å². The van der Waals surface area contributed by atoms with Crippen LogP contribution < -0.4 is 5.32 Å². The number of aromatic nitrogens is 2. The van der Waals surface area contributed by atoms with Crippen molar-refractivity contribution in [3.8, 4) is 0 Å². The summed E-state index contributed by atoms with van der Waals surface area (Å²) in [4.78, 5) is 8.53. The summed E-state index contributed by atoms with van der Waals surface area (Å²) in [6, 6.07) is 1.94. The van der Waals surface area contributed by atoms with Crippen molar-refractivity contribution in [2.24, 2.45) is 0 Å². The van der Waals surface area contributed by atoms with E-state index in [4.69, 9.17) is 25.4 Å². The summed E-state index contributed by atoms with van der Waals surface area (Å²) < 4.78 is 28.5. The normalized spacial score (nSPS) is 16.5. The predicted octanol–water partition coefficient (Wildman–Crippen LogP) is 3.49. The lowest BCUT2D eigenvalue weighted by Crippen LogP contribution is -2.28. The number of halogens is 1. The van der Waals surface area contributed by atoms with E-state index in [-0.39, 0.29) is 12.2 Å². The fourth-order valence-corrected chi connectivity index (χ4v) is 4.09. The predicted molar refractivity (Wildman–Crippen MR) is 89.1 cm³/mol. The molecule has 2 heterocycles. The van der Waals surface area contributed by atoms with Crippen LogP contribution in [0.2, 0.25) is 5.15 Å². The molecular weight excluding hydrogens is 341 g/mol. The molecule has 1 aromatic heterocycles. The lowest BCUT2D eigenvalue weighted by molar-refractivity contribution is 0.0904. The Bertz CT molecular complexity index is 545. The fraction of sp³-hybridized carbons (Fsp3) is 0.714. The van der Waals surface area contributed by atoms with Crippen molar-refractivity contribution < 1.29 is 18.3 Å². The van der Waals surface area contributed by atoms with Gasteiger partial charge in [-0.3, -0.25) is 4.57 Å². The lowest BCUT2D eigenvalue weighted by Gasteiger charge is -2.24. The summed E-state index contributed by atoms with van der Waals surface area (Å²) in [6.07, 6.45) is 1.82. The number of ether oxygens (including phenoxy) is 1. The van der Waals surface area contributed by atoms with Crippen LogP contribution in [0.1, 0.15) is 32.5 Å². The maximum Gasteiger partial charge on any atom is 0.338 e. The minimum Gasteiger partial charge on any atom is -0.381 e. The molecule has 1 aliphatic rings. The highest BCUT2D eigenvalue weighted by Crippen LogP contribution is 2.50. The minimum atomic E-state index is -3.26. The first-order valence-corrected chi connectivity index (χ1v) is 9.91. The first-order valence-electron chi connectivity index (χ1n) is 7.80. The van der Waals surface area contributed by atoms with Crippen LogP contribution >= 0.6 is 19.2 Å². The van der Waals surface area contributed by atoms with Crippen LogP contribution in [0.25, 0.3) is 0 Å². The van der Waals surface area contributed by atoms with Crippen LogP contribution in [-0.4, -0.2) is 42.4 Å². The Kier molecular flexibility index (Phi) is 7.24. The van der Waals surface area contributed by atoms with E-state index in [1.807, 2.05) is 0 Å². The molecule has 0 spiro atoms. The number of hydrogen-bond acceptors (Lipinski definition) is 7. The molecule has 0 saturated carbocycles. The molecule has 1 aromatic rings. The first-order chi connectivity index (χ1) is 11.0. The Balaban J connectivity index is 2.10. The second-order valence-corrected chi connectivity index (χ2v) is 7.57. The molecule has 9 heteroatoms. The van der Waals surface area contributed by atoms with Crippen molar-refractivity contribution in [2.75, 3.05) is 31.7 Å². The summed E-state index contributed by atoms with van der Waals surface area (Å²) in [6.45, 7) is 5.59. The van der Waals surface area contributed by atoms with E-state index in [2.05, 4.69) is 15.3 Å². The van der Waals surface area contributed by atoms with Crippen LogP contribution in [0.5, 0.6) is 0 Å². The van der Waals surface area contributed by atoms with E-state index in [1.54, 1.807) is 19.9 Å². The Labute approximate surface area is 141 Å². The minimum absolute atomic E-state index is 0.00228. The average molecular weight is 364 g/mol. The molecule has 0 atom stereocenters. The highest BCUT2D eigenvalue weighted by molar-refractivity contribution is 7.53. The summed E-state index contributed by atoms with van der Waals surface area (Å²) in [5.41, 5.74) is 0. The zero-order valence-corrected chi connectivity index (χ0v) is 15.1. The Hall–Kier alpha value is -0.720. The smallest absolute Gasteiger partial charge is 0.338 e. The maximum atomic E-state index is 12.6. The Morgan fingerprint density at radius 2 is 1.96 bits per heavy atom. The van der Waals surface area contributed by atoms with Gasteiger partial charge in [0.2, 0.25) is 0 Å². The molecule has 23 heavy (non-hydrogen) atoms. The molecule has 0 aliphatic carbocycles. The summed E-state index contributed by atoms with van der Waals surface area (Å²) >= 11 is 6.06. The van der Waals surface area contributed by atoms with Gasteiger partial charge in [-0.15, -0.1) is 0 Å². The third-order valence-corrected chi connectivity index (χ3v) is 5.47. The molecule has 0 radical (unpaired) electrons. The third kappa shape index (κ3) is 6.01. The topological polar surface area (TPSA) is 82.6 Å². The van der Waals surface area contributed by atoms with Gasteiger partial charge in [0.1, 0.15) is 23.0 Å². The highest BCUT2D eigenvalue weighted by Gasteiger charge is 2.26. The number of nitrogens with zero attached hydrogens (tertiary/aromatic N) is 2. The van der Waals surface area contributed by atoms with E-state index in [0.717, 1.165) is 26.1 Å². The van der Waals surface area contributed by atoms with Crippen molar-refractivity contribution in [3.05, 3.63) is 17.0 Å². The second kappa shape index (κ2) is 8.94. The molecule has 1 fully saturated rings. The number of hydrogen-bond donors (Lipinski definition) is 1. The molecule has 0 bridgehead atoms. The van der Waals surface area contributed by atoms with Crippen LogP contribution in [0.4, 0.5) is 5.82 Å². The van der Waals surface area contributed by atoms with E-state index in [9.17, 15) is 4.57 Å². The number of anilines is 1. The van der Waals surface area contributed by atoms with Gasteiger partial charge in [-0.1, -0.05) is 11.6 Å². The second-order valence-electron chi connectivity index (χ2n) is 5.13. The molecular formula is C14H23ClN3O4P. The summed E-state index contributed by atoms with van der Waals surface area (Å²) in [5.74, 6) is 0.962. The van der Waals surface area contributed by atoms with Gasteiger partial charge in [-0.2, -0.15) is 0 Å². The number of rotatable bonds is 8. The van der Waals surface area contributed by atoms with Gasteiger partial charge in [-0.25, -0.2) is 9.97 Å². The van der Waals surface area contributed by atoms with Crippen molar-refractivity contribution in [1.29, 1.82) is 0 Å². The van der Waals surface area contributed by atoms with E-state index < -0.39 is 7.60 Å². The highest BCUT2D eigenvalue weighted by atomic mass is 35.5. The quantitative estimate of drug-likeness (QED) is 0.559. The van der Waals surface area contributed by atoms with Crippen LogP contribution in [0.3, 0.4) is 0 Å². The standard InChI is InChI=1S/C14H23ClN3O4P/c1-3-21-23(19,22-4-2)10-14-17-12(15)9-13(18-14)16-11-5-7-20-8-6-11/h9,11H,3-8,10H2,1-2H3,(H,16,17,18). The lowest BCUT2D eigenvalue weighted by atomic mass is 10.1. The molecule has 2 rings (SSSR count). The largest absolute Gasteiger partial charge is 0.381 e. The monoisotopic (exact) mass is 363 g/mol. The Morgan fingerprint density at radius 1 is 1.30 bits per heavy atom. The van der Waals surface area contributed by atoms with Crippen molar-refractivity contribution in [3.63, 3.8) is 0 Å². The average Bonchev–Trinajstić information content (AvgIpc) is 2.47. The molecule has 1 N–H and O–H groups in total. The van der Waals surface area contributed by atoms with Gasteiger partial charge in [-0.05, 0) is 26.7 Å². The van der Waals surface area contributed by atoms with E-state index in [1.165, 1.54) is 0 Å². The van der Waals surface area contributed by atoms with Crippen molar-refractivity contribution in [1.82, 2.24) is 9.97 Å². The first kappa shape index (κ1) is 18.6. The molecule has 1 saturated heterocycles. The molecule has 0 unspecified atom stereocenters. The zero-order chi connectivity index (χ0) is 16.7. The SMILES string of the molecule is CCOP(=O)(Cc1nc(Cl)cc(NC2CCOCC2)n1)OCC. The number of nitrogens with one attached hydrogen (secondary N) is 1. The van der Waals surface area contributed by atoms with E-state index >= 15 is 0 Å².